The second-order valence-electron chi connectivity index (χ2n) is 8.75. The minimum atomic E-state index is -0.211. The molecule has 0 radical (unpaired) electrons. The lowest BCUT2D eigenvalue weighted by Crippen LogP contribution is -2.46. The molecule has 1 saturated heterocycles. The first-order valence-electron chi connectivity index (χ1n) is 11.4. The van der Waals surface area contributed by atoms with Gasteiger partial charge in [0, 0.05) is 66.1 Å². The molecule has 1 aliphatic rings. The zero-order valence-electron chi connectivity index (χ0n) is 20.0. The Kier molecular flexibility index (Phi) is 8.00. The van der Waals surface area contributed by atoms with E-state index in [1.54, 1.807) is 6.92 Å². The van der Waals surface area contributed by atoms with Crippen LogP contribution in [0.3, 0.4) is 0 Å². The summed E-state index contributed by atoms with van der Waals surface area (Å²) in [6.45, 7) is 11.9. The number of amides is 2. The van der Waals surface area contributed by atoms with E-state index in [2.05, 4.69) is 44.1 Å². The maximum atomic E-state index is 13.1. The Bertz CT molecular complexity index is 1100. The highest BCUT2D eigenvalue weighted by molar-refractivity contribution is 9.10. The Morgan fingerprint density at radius 3 is 2.42 bits per heavy atom. The number of piperidine rings is 1. The number of anilines is 1. The third kappa shape index (κ3) is 5.66. The summed E-state index contributed by atoms with van der Waals surface area (Å²) in [5, 5.41) is 2.92. The van der Waals surface area contributed by atoms with Crippen LogP contribution < -0.4 is 15.8 Å². The number of hydrogen-bond acceptors (Lipinski definition) is 4. The molecular weight excluding hydrogens is 484 g/mol. The van der Waals surface area contributed by atoms with Gasteiger partial charge in [-0.2, -0.15) is 0 Å². The van der Waals surface area contributed by atoms with E-state index in [9.17, 15) is 14.4 Å². The number of benzene rings is 1. The molecule has 0 bridgehead atoms. The predicted octanol–water partition coefficient (Wildman–Crippen LogP) is 3.83. The number of nitrogens with one attached hydrogen (secondary N) is 2. The number of nitrogens with zero attached hydrogens (tertiary/aromatic N) is 2. The minimum absolute atomic E-state index is 0.122. The average molecular weight is 517 g/mol. The van der Waals surface area contributed by atoms with E-state index in [0.717, 1.165) is 59.5 Å². The summed E-state index contributed by atoms with van der Waals surface area (Å²) in [4.78, 5) is 44.2. The zero-order valence-corrected chi connectivity index (χ0v) is 21.6. The SMILES string of the molecule is CCN(c1cc(Br)cc(C(=O)NCc2c(C)cc(C)[nH]c2=O)c1C)C1CCN(C(C)=O)CC1. The highest BCUT2D eigenvalue weighted by Gasteiger charge is 2.27. The quantitative estimate of drug-likeness (QED) is 0.610. The van der Waals surface area contributed by atoms with Gasteiger partial charge in [0.2, 0.25) is 5.91 Å². The van der Waals surface area contributed by atoms with Gasteiger partial charge in [0.1, 0.15) is 0 Å². The van der Waals surface area contributed by atoms with Crippen LogP contribution >= 0.6 is 15.9 Å². The largest absolute Gasteiger partial charge is 0.368 e. The monoisotopic (exact) mass is 516 g/mol. The lowest BCUT2D eigenvalue weighted by Gasteiger charge is -2.40. The molecule has 1 fully saturated rings. The van der Waals surface area contributed by atoms with Gasteiger partial charge < -0.3 is 20.1 Å². The molecule has 2 N–H and O–H groups in total. The number of aromatic nitrogens is 1. The van der Waals surface area contributed by atoms with Crippen molar-refractivity contribution >= 4 is 33.4 Å². The molecule has 1 aromatic carbocycles. The normalized spacial score (nSPS) is 14.3. The van der Waals surface area contributed by atoms with Gasteiger partial charge >= 0.3 is 0 Å². The Morgan fingerprint density at radius 1 is 1.18 bits per heavy atom. The average Bonchev–Trinajstić information content (AvgIpc) is 2.75. The zero-order chi connectivity index (χ0) is 24.3. The Labute approximate surface area is 203 Å². The van der Waals surface area contributed by atoms with Crippen molar-refractivity contribution in [3.8, 4) is 0 Å². The number of hydrogen-bond donors (Lipinski definition) is 2. The van der Waals surface area contributed by atoms with Crippen LogP contribution in [0.1, 0.15) is 59.4 Å². The third-order valence-electron chi connectivity index (χ3n) is 6.51. The Morgan fingerprint density at radius 2 is 1.85 bits per heavy atom. The van der Waals surface area contributed by atoms with E-state index >= 15 is 0 Å². The van der Waals surface area contributed by atoms with E-state index in [1.807, 2.05) is 37.8 Å². The second kappa shape index (κ2) is 10.5. The molecule has 1 aromatic heterocycles. The first-order valence-corrected chi connectivity index (χ1v) is 12.2. The number of halogens is 1. The predicted molar refractivity (Wildman–Crippen MR) is 135 cm³/mol. The molecule has 0 atom stereocenters. The van der Waals surface area contributed by atoms with Crippen LogP contribution in [0, 0.1) is 20.8 Å². The molecule has 3 rings (SSSR count). The fourth-order valence-electron chi connectivity index (χ4n) is 4.68. The van der Waals surface area contributed by atoms with Crippen molar-refractivity contribution in [1.29, 1.82) is 0 Å². The van der Waals surface area contributed by atoms with Crippen molar-refractivity contribution in [1.82, 2.24) is 15.2 Å². The number of rotatable bonds is 6. The smallest absolute Gasteiger partial charge is 0.253 e. The van der Waals surface area contributed by atoms with Gasteiger partial charge in [-0.25, -0.2) is 0 Å². The van der Waals surface area contributed by atoms with Crippen molar-refractivity contribution in [3.63, 3.8) is 0 Å². The molecule has 178 valence electrons. The molecule has 2 amide bonds. The molecule has 2 heterocycles. The van der Waals surface area contributed by atoms with E-state index in [-0.39, 0.29) is 23.9 Å². The molecule has 7 nitrogen and oxygen atoms in total. The van der Waals surface area contributed by atoms with Gasteiger partial charge in [0.05, 0.1) is 0 Å². The fourth-order valence-corrected chi connectivity index (χ4v) is 5.13. The van der Waals surface area contributed by atoms with E-state index in [1.165, 1.54) is 0 Å². The van der Waals surface area contributed by atoms with Gasteiger partial charge in [0.25, 0.3) is 11.5 Å². The van der Waals surface area contributed by atoms with Crippen molar-refractivity contribution in [2.24, 2.45) is 0 Å². The van der Waals surface area contributed by atoms with Crippen LogP contribution in [0.2, 0.25) is 0 Å². The topological polar surface area (TPSA) is 85.5 Å². The summed E-state index contributed by atoms with van der Waals surface area (Å²) in [6, 6.07) is 6.10. The number of aryl methyl sites for hydroxylation is 2. The van der Waals surface area contributed by atoms with Gasteiger partial charge in [-0.15, -0.1) is 0 Å². The van der Waals surface area contributed by atoms with Crippen LogP contribution in [0.15, 0.2) is 27.5 Å². The summed E-state index contributed by atoms with van der Waals surface area (Å²) in [5.41, 5.74) is 4.55. The molecular formula is C25H33BrN4O3. The van der Waals surface area contributed by atoms with Crippen molar-refractivity contribution in [3.05, 3.63) is 61.0 Å². The standard InChI is InChI=1S/C25H33BrN4O3/c1-6-30(20-7-9-29(10-8-20)18(5)31)23-13-19(26)12-21(17(23)4)24(32)27-14-22-15(2)11-16(3)28-25(22)33/h11-13,20H,6-10,14H2,1-5H3,(H,27,32)(H,28,33). The molecule has 0 saturated carbocycles. The van der Waals surface area contributed by atoms with Crippen LogP contribution in [0.4, 0.5) is 5.69 Å². The summed E-state index contributed by atoms with van der Waals surface area (Å²) in [7, 11) is 0. The lowest BCUT2D eigenvalue weighted by atomic mass is 9.99. The van der Waals surface area contributed by atoms with E-state index in [0.29, 0.717) is 17.2 Å². The Hall–Kier alpha value is -2.61. The first kappa shape index (κ1) is 25.0. The van der Waals surface area contributed by atoms with Crippen molar-refractivity contribution in [2.45, 2.75) is 60.0 Å². The minimum Gasteiger partial charge on any atom is -0.368 e. The molecule has 1 aliphatic heterocycles. The van der Waals surface area contributed by atoms with Gasteiger partial charge in [-0.3, -0.25) is 14.4 Å². The van der Waals surface area contributed by atoms with Gasteiger partial charge in [-0.05, 0) is 69.9 Å². The third-order valence-corrected chi connectivity index (χ3v) is 6.97. The number of carbonyl (C=O) groups excluding carboxylic acids is 2. The lowest BCUT2D eigenvalue weighted by molar-refractivity contribution is -0.129. The molecule has 8 heteroatoms. The van der Waals surface area contributed by atoms with Crippen LogP contribution in [-0.4, -0.2) is 47.4 Å². The Balaban J connectivity index is 1.82. The van der Waals surface area contributed by atoms with E-state index < -0.39 is 0 Å². The highest BCUT2D eigenvalue weighted by Crippen LogP contribution is 2.32. The second-order valence-corrected chi connectivity index (χ2v) is 9.66. The van der Waals surface area contributed by atoms with Crippen molar-refractivity contribution < 1.29 is 9.59 Å². The maximum Gasteiger partial charge on any atom is 0.253 e. The molecule has 33 heavy (non-hydrogen) atoms. The van der Waals surface area contributed by atoms with Crippen molar-refractivity contribution in [2.75, 3.05) is 24.5 Å². The number of H-pyrrole nitrogens is 1. The first-order chi connectivity index (χ1) is 15.6. The molecule has 0 aliphatic carbocycles. The maximum absolute atomic E-state index is 13.1. The van der Waals surface area contributed by atoms with Crippen LogP contribution in [-0.2, 0) is 11.3 Å². The van der Waals surface area contributed by atoms with Gasteiger partial charge in [0.15, 0.2) is 0 Å². The summed E-state index contributed by atoms with van der Waals surface area (Å²) in [5.74, 6) is -0.0892. The van der Waals surface area contributed by atoms with Crippen LogP contribution in [0.5, 0.6) is 0 Å². The highest BCUT2D eigenvalue weighted by atomic mass is 79.9. The molecule has 0 spiro atoms. The van der Waals surface area contributed by atoms with E-state index in [4.69, 9.17) is 0 Å². The number of aromatic amines is 1. The van der Waals surface area contributed by atoms with Crippen LogP contribution in [0.25, 0.3) is 0 Å². The number of likely N-dealkylation sites (tertiary alicyclic amines) is 1. The summed E-state index contributed by atoms with van der Waals surface area (Å²) < 4.78 is 0.831. The molecule has 2 aromatic rings. The fraction of sp³-hybridized carbons (Fsp3) is 0.480. The number of pyridine rings is 1. The van der Waals surface area contributed by atoms with Gasteiger partial charge in [-0.1, -0.05) is 15.9 Å². The summed E-state index contributed by atoms with van der Waals surface area (Å²) in [6.07, 6.45) is 1.80. The molecule has 0 unspecified atom stereocenters. The summed E-state index contributed by atoms with van der Waals surface area (Å²) >= 11 is 3.58. The number of carbonyl (C=O) groups is 2.